The Hall–Kier alpha value is -3.50. The third-order valence-corrected chi connectivity index (χ3v) is 5.42. The quantitative estimate of drug-likeness (QED) is 0.184. The zero-order valence-corrected chi connectivity index (χ0v) is 20.7. The van der Waals surface area contributed by atoms with Crippen LogP contribution in [0.15, 0.2) is 66.7 Å². The number of hydrogen-bond acceptors (Lipinski definition) is 9. The number of anilines is 4. The summed E-state index contributed by atoms with van der Waals surface area (Å²) in [6.07, 6.45) is 0. The number of nitrogens with one attached hydrogen (secondary N) is 3. The molecule has 0 radical (unpaired) electrons. The second-order valence-corrected chi connectivity index (χ2v) is 8.35. The Morgan fingerprint density at radius 3 is 2.19 bits per heavy atom. The van der Waals surface area contributed by atoms with Crippen molar-refractivity contribution in [3.8, 4) is 0 Å². The summed E-state index contributed by atoms with van der Waals surface area (Å²) in [5, 5.41) is 12.8. The highest BCUT2D eigenvalue weighted by atomic mass is 35.5. The molecular formula is C26H30ClN7O2. The summed E-state index contributed by atoms with van der Waals surface area (Å²) in [6.45, 7) is 3.62. The summed E-state index contributed by atoms with van der Waals surface area (Å²) in [5.74, 6) is 1.31. The van der Waals surface area contributed by atoms with Crippen molar-refractivity contribution < 1.29 is 9.47 Å². The highest BCUT2D eigenvalue weighted by Gasteiger charge is 2.08. The van der Waals surface area contributed by atoms with Crippen molar-refractivity contribution in [1.29, 1.82) is 0 Å². The normalized spacial score (nSPS) is 10.9. The van der Waals surface area contributed by atoms with Gasteiger partial charge >= 0.3 is 0 Å². The van der Waals surface area contributed by atoms with Gasteiger partial charge in [-0.25, -0.2) is 0 Å². The van der Waals surface area contributed by atoms with Crippen molar-refractivity contribution in [2.24, 2.45) is 5.73 Å². The molecule has 0 saturated carbocycles. The predicted molar refractivity (Wildman–Crippen MR) is 145 cm³/mol. The van der Waals surface area contributed by atoms with Crippen LogP contribution in [0.1, 0.15) is 5.56 Å². The Kier molecular flexibility index (Phi) is 9.63. The maximum Gasteiger partial charge on any atom is 0.233 e. The molecule has 1 heterocycles. The van der Waals surface area contributed by atoms with E-state index in [0.29, 0.717) is 68.9 Å². The van der Waals surface area contributed by atoms with E-state index in [1.807, 2.05) is 42.5 Å². The second-order valence-electron chi connectivity index (χ2n) is 7.91. The molecule has 188 valence electrons. The molecule has 0 fully saturated rings. The Bertz CT molecular complexity index is 1240. The Balaban J connectivity index is 1.42. The fourth-order valence-electron chi connectivity index (χ4n) is 3.41. The first kappa shape index (κ1) is 25.6. The lowest BCUT2D eigenvalue weighted by Crippen LogP contribution is -2.17. The summed E-state index contributed by atoms with van der Waals surface area (Å²) in [6, 6.07) is 21.9. The van der Waals surface area contributed by atoms with E-state index >= 15 is 0 Å². The van der Waals surface area contributed by atoms with Gasteiger partial charge in [0.2, 0.25) is 17.8 Å². The topological polar surface area (TPSA) is 119 Å². The number of hydrogen-bond donors (Lipinski definition) is 4. The summed E-state index contributed by atoms with van der Waals surface area (Å²) in [5.41, 5.74) is 7.35. The van der Waals surface area contributed by atoms with Gasteiger partial charge in [0.15, 0.2) is 0 Å². The molecule has 0 saturated heterocycles. The van der Waals surface area contributed by atoms with Gasteiger partial charge in [-0.1, -0.05) is 54.1 Å². The highest BCUT2D eigenvalue weighted by molar-refractivity contribution is 6.30. The highest BCUT2D eigenvalue weighted by Crippen LogP contribution is 2.22. The van der Waals surface area contributed by atoms with Crippen LogP contribution in [0.4, 0.5) is 23.5 Å². The third-order valence-electron chi connectivity index (χ3n) is 5.17. The predicted octanol–water partition coefficient (Wildman–Crippen LogP) is 4.44. The van der Waals surface area contributed by atoms with Crippen molar-refractivity contribution in [3.63, 3.8) is 0 Å². The minimum absolute atomic E-state index is 0.428. The van der Waals surface area contributed by atoms with E-state index in [4.69, 9.17) is 26.8 Å². The van der Waals surface area contributed by atoms with Gasteiger partial charge in [0.05, 0.1) is 26.4 Å². The van der Waals surface area contributed by atoms with E-state index in [0.717, 1.165) is 16.6 Å². The maximum atomic E-state index is 5.99. The zero-order chi connectivity index (χ0) is 25.0. The number of nitrogens with zero attached hydrogens (tertiary/aromatic N) is 3. The number of aromatic nitrogens is 3. The van der Waals surface area contributed by atoms with Gasteiger partial charge in [-0.2, -0.15) is 15.0 Å². The first-order valence-corrected chi connectivity index (χ1v) is 12.2. The molecular weight excluding hydrogens is 478 g/mol. The average Bonchev–Trinajstić information content (AvgIpc) is 2.90. The summed E-state index contributed by atoms with van der Waals surface area (Å²) >= 11 is 5.99. The monoisotopic (exact) mass is 507 g/mol. The van der Waals surface area contributed by atoms with Crippen molar-refractivity contribution in [3.05, 3.63) is 77.3 Å². The molecule has 0 aliphatic heterocycles. The van der Waals surface area contributed by atoms with Gasteiger partial charge in [0.25, 0.3) is 0 Å². The molecule has 0 atom stereocenters. The molecule has 4 aromatic rings. The Morgan fingerprint density at radius 2 is 1.42 bits per heavy atom. The molecule has 0 spiro atoms. The second kappa shape index (κ2) is 13.6. The van der Waals surface area contributed by atoms with Crippen LogP contribution in [0.2, 0.25) is 5.02 Å². The van der Waals surface area contributed by atoms with Crippen LogP contribution in [0.3, 0.4) is 0 Å². The average molecular weight is 508 g/mol. The number of halogens is 1. The van der Waals surface area contributed by atoms with Crippen LogP contribution in [0.5, 0.6) is 0 Å². The number of rotatable bonds is 14. The molecule has 5 N–H and O–H groups in total. The molecule has 0 aliphatic rings. The van der Waals surface area contributed by atoms with Gasteiger partial charge in [0, 0.05) is 30.3 Å². The van der Waals surface area contributed by atoms with E-state index in [1.165, 1.54) is 5.39 Å². The fraction of sp³-hybridized carbons (Fsp3) is 0.269. The molecule has 3 aromatic carbocycles. The van der Waals surface area contributed by atoms with E-state index in [9.17, 15) is 0 Å². The number of nitrogens with two attached hydrogens (primary N) is 1. The number of fused-ring (bicyclic) bond motifs is 1. The third kappa shape index (κ3) is 8.03. The molecule has 0 bridgehead atoms. The van der Waals surface area contributed by atoms with E-state index in [1.54, 1.807) is 0 Å². The smallest absolute Gasteiger partial charge is 0.233 e. The minimum atomic E-state index is 0.428. The molecule has 0 amide bonds. The van der Waals surface area contributed by atoms with Gasteiger partial charge in [-0.05, 0) is 40.6 Å². The SMILES string of the molecule is NCCOCCOCCNc1nc(NCc2ccc(Cl)cc2)nc(Nc2ccc3ccccc3c2)n1. The number of ether oxygens (including phenoxy) is 2. The standard InChI is InChI=1S/C26H30ClN7O2/c27-22-8-5-19(6-9-22)18-30-25-32-24(29-12-14-36-16-15-35-13-11-28)33-26(34-25)31-23-10-7-20-3-1-2-4-21(20)17-23/h1-10,17H,11-16,18,28H2,(H3,29,30,31,32,33,34). The fourth-order valence-corrected chi connectivity index (χ4v) is 3.54. The molecule has 9 nitrogen and oxygen atoms in total. The molecule has 0 aliphatic carbocycles. The number of benzene rings is 3. The van der Waals surface area contributed by atoms with Crippen molar-refractivity contribution in [2.75, 3.05) is 55.5 Å². The molecule has 4 rings (SSSR count). The van der Waals surface area contributed by atoms with Crippen LogP contribution >= 0.6 is 11.6 Å². The van der Waals surface area contributed by atoms with Gasteiger partial charge < -0.3 is 31.2 Å². The lowest BCUT2D eigenvalue weighted by molar-refractivity contribution is 0.0547. The van der Waals surface area contributed by atoms with E-state index in [2.05, 4.69) is 55.2 Å². The lowest BCUT2D eigenvalue weighted by Gasteiger charge is -2.12. The molecule has 0 unspecified atom stereocenters. The first-order chi connectivity index (χ1) is 17.7. The van der Waals surface area contributed by atoms with Crippen LogP contribution in [-0.4, -0.2) is 54.5 Å². The Morgan fingerprint density at radius 1 is 0.722 bits per heavy atom. The van der Waals surface area contributed by atoms with Crippen LogP contribution in [0.25, 0.3) is 10.8 Å². The van der Waals surface area contributed by atoms with E-state index < -0.39 is 0 Å². The molecule has 36 heavy (non-hydrogen) atoms. The van der Waals surface area contributed by atoms with Gasteiger partial charge in [-0.15, -0.1) is 0 Å². The van der Waals surface area contributed by atoms with Gasteiger partial charge in [0.1, 0.15) is 0 Å². The lowest BCUT2D eigenvalue weighted by atomic mass is 10.1. The van der Waals surface area contributed by atoms with Crippen LogP contribution in [0, 0.1) is 0 Å². The zero-order valence-electron chi connectivity index (χ0n) is 19.9. The maximum absolute atomic E-state index is 5.99. The molecule has 10 heteroatoms. The summed E-state index contributed by atoms with van der Waals surface area (Å²) < 4.78 is 10.9. The van der Waals surface area contributed by atoms with Crippen LogP contribution < -0.4 is 21.7 Å². The summed E-state index contributed by atoms with van der Waals surface area (Å²) in [4.78, 5) is 13.6. The first-order valence-electron chi connectivity index (χ1n) is 11.8. The minimum Gasteiger partial charge on any atom is -0.378 e. The molecule has 1 aromatic heterocycles. The summed E-state index contributed by atoms with van der Waals surface area (Å²) in [7, 11) is 0. The van der Waals surface area contributed by atoms with Crippen LogP contribution in [-0.2, 0) is 16.0 Å². The largest absolute Gasteiger partial charge is 0.378 e. The van der Waals surface area contributed by atoms with Crippen molar-refractivity contribution in [1.82, 2.24) is 15.0 Å². The van der Waals surface area contributed by atoms with E-state index in [-0.39, 0.29) is 0 Å². The van der Waals surface area contributed by atoms with Crippen molar-refractivity contribution in [2.45, 2.75) is 6.54 Å². The van der Waals surface area contributed by atoms with Gasteiger partial charge in [-0.3, -0.25) is 0 Å². The van der Waals surface area contributed by atoms with Crippen molar-refractivity contribution >= 4 is 45.9 Å². The Labute approximate surface area is 215 Å².